The number of methoxy groups -OCH3 is 1. The molecule has 1 aromatic heterocycles. The van der Waals surface area contributed by atoms with Crippen molar-refractivity contribution in [1.82, 2.24) is 9.78 Å². The number of hydrogen-bond acceptors (Lipinski definition) is 3. The molecule has 1 fully saturated rings. The third-order valence-electron chi connectivity index (χ3n) is 4.43. The summed E-state index contributed by atoms with van der Waals surface area (Å²) in [7, 11) is 1.80. The Morgan fingerprint density at radius 2 is 2.42 bits per heavy atom. The monoisotopic (exact) mass is 265 g/mol. The topological polar surface area (TPSA) is 53.1 Å². The number of hydrogen-bond donors (Lipinski definition) is 1. The van der Waals surface area contributed by atoms with E-state index in [0.717, 1.165) is 31.4 Å². The van der Waals surface area contributed by atoms with E-state index in [-0.39, 0.29) is 11.6 Å². The number of nitrogens with two attached hydrogens (primary N) is 1. The molecule has 19 heavy (non-hydrogen) atoms. The zero-order chi connectivity index (χ0) is 13.9. The highest BCUT2D eigenvalue weighted by atomic mass is 16.5. The lowest BCUT2D eigenvalue weighted by molar-refractivity contribution is -0.0718. The van der Waals surface area contributed by atoms with E-state index in [1.165, 1.54) is 12.8 Å². The number of ether oxygens (including phenoxy) is 1. The number of rotatable bonds is 5. The van der Waals surface area contributed by atoms with Crippen molar-refractivity contribution in [1.29, 1.82) is 0 Å². The second kappa shape index (κ2) is 6.06. The molecule has 2 N–H and O–H groups in total. The predicted molar refractivity (Wildman–Crippen MR) is 76.8 cm³/mol. The van der Waals surface area contributed by atoms with E-state index in [4.69, 9.17) is 10.5 Å². The maximum absolute atomic E-state index is 6.51. The SMILES string of the molecule is CCCn1cc(C(N)C2(OC)CCCC(C)C2)cn1. The van der Waals surface area contributed by atoms with Gasteiger partial charge < -0.3 is 10.5 Å². The van der Waals surface area contributed by atoms with E-state index < -0.39 is 0 Å². The van der Waals surface area contributed by atoms with Gasteiger partial charge in [-0.15, -0.1) is 0 Å². The molecule has 1 aliphatic carbocycles. The van der Waals surface area contributed by atoms with Gasteiger partial charge in [0.15, 0.2) is 0 Å². The first-order valence-corrected chi connectivity index (χ1v) is 7.44. The van der Waals surface area contributed by atoms with Crippen LogP contribution in [-0.2, 0) is 11.3 Å². The van der Waals surface area contributed by atoms with Gasteiger partial charge in [0.05, 0.1) is 17.8 Å². The van der Waals surface area contributed by atoms with Gasteiger partial charge in [-0.2, -0.15) is 5.10 Å². The highest BCUT2D eigenvalue weighted by Gasteiger charge is 2.41. The Morgan fingerprint density at radius 3 is 3.05 bits per heavy atom. The van der Waals surface area contributed by atoms with Crippen LogP contribution in [0, 0.1) is 5.92 Å². The van der Waals surface area contributed by atoms with E-state index in [2.05, 4.69) is 25.1 Å². The molecule has 1 heterocycles. The smallest absolute Gasteiger partial charge is 0.0874 e. The van der Waals surface area contributed by atoms with Gasteiger partial charge in [-0.25, -0.2) is 0 Å². The Labute approximate surface area is 116 Å². The highest BCUT2D eigenvalue weighted by Crippen LogP contribution is 2.41. The molecule has 1 aromatic rings. The fraction of sp³-hybridized carbons (Fsp3) is 0.800. The van der Waals surface area contributed by atoms with Crippen molar-refractivity contribution < 1.29 is 4.74 Å². The van der Waals surface area contributed by atoms with Crippen LogP contribution < -0.4 is 5.73 Å². The molecule has 0 aliphatic heterocycles. The van der Waals surface area contributed by atoms with Crippen molar-refractivity contribution in [3.63, 3.8) is 0 Å². The van der Waals surface area contributed by atoms with Crippen LogP contribution in [-0.4, -0.2) is 22.5 Å². The second-order valence-corrected chi connectivity index (χ2v) is 5.98. The third-order valence-corrected chi connectivity index (χ3v) is 4.43. The summed E-state index contributed by atoms with van der Waals surface area (Å²) in [4.78, 5) is 0. The lowest BCUT2D eigenvalue weighted by Crippen LogP contribution is -2.46. The standard InChI is InChI=1S/C15H27N3O/c1-4-8-18-11-13(10-17-18)14(16)15(19-3)7-5-6-12(2)9-15/h10-12,14H,4-9,16H2,1-3H3. The van der Waals surface area contributed by atoms with Crippen molar-refractivity contribution in [2.75, 3.05) is 7.11 Å². The maximum atomic E-state index is 6.51. The molecule has 3 unspecified atom stereocenters. The van der Waals surface area contributed by atoms with Crippen LogP contribution in [0.3, 0.4) is 0 Å². The molecule has 0 bridgehead atoms. The van der Waals surface area contributed by atoms with Gasteiger partial charge in [-0.3, -0.25) is 4.68 Å². The third kappa shape index (κ3) is 3.00. The molecule has 0 radical (unpaired) electrons. The number of nitrogens with zero attached hydrogens (tertiary/aromatic N) is 2. The average molecular weight is 265 g/mol. The Morgan fingerprint density at radius 1 is 1.63 bits per heavy atom. The van der Waals surface area contributed by atoms with Crippen molar-refractivity contribution in [2.45, 2.75) is 64.1 Å². The molecule has 4 nitrogen and oxygen atoms in total. The summed E-state index contributed by atoms with van der Waals surface area (Å²) >= 11 is 0. The minimum atomic E-state index is -0.211. The van der Waals surface area contributed by atoms with E-state index in [1.54, 1.807) is 7.11 Å². The summed E-state index contributed by atoms with van der Waals surface area (Å²) in [6, 6.07) is -0.0779. The zero-order valence-corrected chi connectivity index (χ0v) is 12.4. The average Bonchev–Trinajstić information content (AvgIpc) is 2.86. The van der Waals surface area contributed by atoms with Crippen LogP contribution in [0.15, 0.2) is 12.4 Å². The lowest BCUT2D eigenvalue weighted by atomic mass is 9.73. The molecule has 1 aliphatic rings. The van der Waals surface area contributed by atoms with Crippen LogP contribution in [0.5, 0.6) is 0 Å². The minimum Gasteiger partial charge on any atom is -0.376 e. The summed E-state index contributed by atoms with van der Waals surface area (Å²) in [5.74, 6) is 0.686. The Bertz CT molecular complexity index is 404. The Kier molecular flexibility index (Phi) is 4.63. The normalized spacial score (nSPS) is 29.4. The van der Waals surface area contributed by atoms with Crippen molar-refractivity contribution in [2.24, 2.45) is 11.7 Å². The fourth-order valence-corrected chi connectivity index (χ4v) is 3.33. The Hall–Kier alpha value is -0.870. The van der Waals surface area contributed by atoms with Crippen LogP contribution in [0.1, 0.15) is 57.6 Å². The molecule has 0 aromatic carbocycles. The lowest BCUT2D eigenvalue weighted by Gasteiger charge is -2.42. The van der Waals surface area contributed by atoms with Gasteiger partial charge >= 0.3 is 0 Å². The molecule has 3 atom stereocenters. The maximum Gasteiger partial charge on any atom is 0.0874 e. The highest BCUT2D eigenvalue weighted by molar-refractivity contribution is 5.16. The fourth-order valence-electron chi connectivity index (χ4n) is 3.33. The molecule has 108 valence electrons. The quantitative estimate of drug-likeness (QED) is 0.890. The van der Waals surface area contributed by atoms with Crippen molar-refractivity contribution >= 4 is 0 Å². The number of aromatic nitrogens is 2. The molecule has 4 heteroatoms. The largest absolute Gasteiger partial charge is 0.376 e. The van der Waals surface area contributed by atoms with Gasteiger partial charge in [0.25, 0.3) is 0 Å². The Balaban J connectivity index is 2.16. The van der Waals surface area contributed by atoms with E-state index in [0.29, 0.717) is 5.92 Å². The van der Waals surface area contributed by atoms with Gasteiger partial charge in [-0.1, -0.05) is 26.7 Å². The molecule has 0 spiro atoms. The zero-order valence-electron chi connectivity index (χ0n) is 12.4. The summed E-state index contributed by atoms with van der Waals surface area (Å²) < 4.78 is 7.85. The van der Waals surface area contributed by atoms with Crippen LogP contribution in [0.2, 0.25) is 0 Å². The molecular formula is C15H27N3O. The predicted octanol–water partition coefficient (Wildman–Crippen LogP) is 2.89. The molecule has 0 amide bonds. The minimum absolute atomic E-state index is 0.0779. The summed E-state index contributed by atoms with van der Waals surface area (Å²) in [6.07, 6.45) is 9.65. The number of aryl methyl sites for hydroxylation is 1. The van der Waals surface area contributed by atoms with Crippen LogP contribution in [0.4, 0.5) is 0 Å². The summed E-state index contributed by atoms with van der Waals surface area (Å²) in [6.45, 7) is 5.39. The van der Waals surface area contributed by atoms with Gasteiger partial charge in [0.1, 0.15) is 0 Å². The van der Waals surface area contributed by atoms with E-state index in [9.17, 15) is 0 Å². The molecule has 1 saturated carbocycles. The molecule has 2 rings (SSSR count). The van der Waals surface area contributed by atoms with Crippen molar-refractivity contribution in [3.05, 3.63) is 18.0 Å². The second-order valence-electron chi connectivity index (χ2n) is 5.98. The van der Waals surface area contributed by atoms with Crippen molar-refractivity contribution in [3.8, 4) is 0 Å². The first kappa shape index (κ1) is 14.5. The van der Waals surface area contributed by atoms with Gasteiger partial charge in [0.2, 0.25) is 0 Å². The molecular weight excluding hydrogens is 238 g/mol. The van der Waals surface area contributed by atoms with Crippen LogP contribution >= 0.6 is 0 Å². The summed E-state index contributed by atoms with van der Waals surface area (Å²) in [5.41, 5.74) is 7.40. The van der Waals surface area contributed by atoms with Gasteiger partial charge in [-0.05, 0) is 25.2 Å². The molecule has 0 saturated heterocycles. The summed E-state index contributed by atoms with van der Waals surface area (Å²) in [5, 5.41) is 4.39. The van der Waals surface area contributed by atoms with E-state index >= 15 is 0 Å². The van der Waals surface area contributed by atoms with Crippen LogP contribution in [0.25, 0.3) is 0 Å². The first-order valence-electron chi connectivity index (χ1n) is 7.44. The van der Waals surface area contributed by atoms with E-state index in [1.807, 2.05) is 10.9 Å². The van der Waals surface area contributed by atoms with Gasteiger partial charge in [0, 0.05) is 25.4 Å². The first-order chi connectivity index (χ1) is 9.11.